The fourth-order valence-electron chi connectivity index (χ4n) is 3.04. The van der Waals surface area contributed by atoms with Gasteiger partial charge in [-0.2, -0.15) is 5.10 Å². The molecule has 7 heteroatoms. The molecule has 148 valence electrons. The molecule has 2 aromatic carbocycles. The van der Waals surface area contributed by atoms with Crippen LogP contribution in [-0.2, 0) is 0 Å². The third-order valence-electron chi connectivity index (χ3n) is 4.82. The molecule has 1 aliphatic rings. The first-order valence-corrected chi connectivity index (χ1v) is 10.3. The second kappa shape index (κ2) is 7.67. The number of carbonyl (C=O) groups excluding carboxylic acids is 1. The van der Waals surface area contributed by atoms with Gasteiger partial charge in [0.1, 0.15) is 5.75 Å². The Bertz CT molecular complexity index is 1190. The van der Waals surface area contributed by atoms with Gasteiger partial charge in [0.25, 0.3) is 5.91 Å². The minimum Gasteiger partial charge on any atom is -0.507 e. The summed E-state index contributed by atoms with van der Waals surface area (Å²) in [7, 11) is 0. The molecule has 3 N–H and O–H groups in total. The number of thiazole rings is 1. The molecule has 1 aromatic heterocycles. The van der Waals surface area contributed by atoms with Crippen LogP contribution in [0.15, 0.2) is 51.9 Å². The molecule has 0 unspecified atom stereocenters. The normalized spacial score (nSPS) is 14.6. The fourth-order valence-corrected chi connectivity index (χ4v) is 3.95. The van der Waals surface area contributed by atoms with Crippen LogP contribution in [0.25, 0.3) is 11.3 Å². The fraction of sp³-hybridized carbons (Fsp3) is 0.227. The first-order valence-electron chi connectivity index (χ1n) is 9.41. The molecular weight excluding hydrogens is 384 g/mol. The predicted octanol–water partition coefficient (Wildman–Crippen LogP) is 3.58. The van der Waals surface area contributed by atoms with Crippen molar-refractivity contribution in [3.8, 4) is 17.0 Å². The van der Waals surface area contributed by atoms with Gasteiger partial charge < -0.3 is 10.8 Å². The Labute approximate surface area is 172 Å². The van der Waals surface area contributed by atoms with Crippen molar-refractivity contribution in [2.24, 2.45) is 15.8 Å². The topological polar surface area (TPSA) is 93.0 Å². The molecule has 1 amide bonds. The van der Waals surface area contributed by atoms with E-state index in [0.717, 1.165) is 40.0 Å². The largest absolute Gasteiger partial charge is 0.507 e. The summed E-state index contributed by atoms with van der Waals surface area (Å²) < 4.78 is 1.79. The molecule has 1 saturated carbocycles. The van der Waals surface area contributed by atoms with Crippen molar-refractivity contribution in [2.75, 3.05) is 0 Å². The number of amides is 1. The third-order valence-corrected chi connectivity index (χ3v) is 5.65. The second-order valence-corrected chi connectivity index (χ2v) is 8.11. The number of aryl methyl sites for hydroxylation is 2. The summed E-state index contributed by atoms with van der Waals surface area (Å²) in [6.45, 7) is 4.12. The van der Waals surface area contributed by atoms with Crippen LogP contribution in [0.5, 0.6) is 5.75 Å². The Balaban J connectivity index is 1.82. The van der Waals surface area contributed by atoms with E-state index in [1.165, 1.54) is 23.0 Å². The van der Waals surface area contributed by atoms with Gasteiger partial charge in [0, 0.05) is 10.9 Å². The van der Waals surface area contributed by atoms with E-state index in [1.54, 1.807) is 16.8 Å². The van der Waals surface area contributed by atoms with Crippen molar-refractivity contribution < 1.29 is 9.90 Å². The highest BCUT2D eigenvalue weighted by atomic mass is 32.1. The summed E-state index contributed by atoms with van der Waals surface area (Å²) in [5, 5.41) is 16.6. The molecule has 0 bridgehead atoms. The Morgan fingerprint density at radius 2 is 2.03 bits per heavy atom. The lowest BCUT2D eigenvalue weighted by Gasteiger charge is -2.07. The maximum atomic E-state index is 11.6. The SMILES string of the molecule is Cc1ccc(/C=N\n2c(-c3ccc(O)c(C(N)=O)c3)csc2=NC2CC2)c(C)c1. The van der Waals surface area contributed by atoms with Crippen molar-refractivity contribution >= 4 is 23.5 Å². The van der Waals surface area contributed by atoms with E-state index in [9.17, 15) is 9.90 Å². The lowest BCUT2D eigenvalue weighted by atomic mass is 10.1. The zero-order valence-corrected chi connectivity index (χ0v) is 17.1. The average Bonchev–Trinajstić information content (AvgIpc) is 3.41. The summed E-state index contributed by atoms with van der Waals surface area (Å²) in [4.78, 5) is 17.2. The van der Waals surface area contributed by atoms with Crippen LogP contribution in [0, 0.1) is 13.8 Å². The number of carbonyl (C=O) groups is 1. The number of nitrogens with zero attached hydrogens (tertiary/aromatic N) is 3. The van der Waals surface area contributed by atoms with E-state index in [2.05, 4.69) is 26.0 Å². The summed E-state index contributed by atoms with van der Waals surface area (Å²) in [5.41, 5.74) is 10.4. The van der Waals surface area contributed by atoms with Gasteiger partial charge >= 0.3 is 0 Å². The number of nitrogens with two attached hydrogens (primary N) is 1. The lowest BCUT2D eigenvalue weighted by Crippen LogP contribution is -2.14. The number of primary amides is 1. The summed E-state index contributed by atoms with van der Waals surface area (Å²) in [6.07, 6.45) is 4.02. The molecule has 29 heavy (non-hydrogen) atoms. The molecular formula is C22H22N4O2S. The van der Waals surface area contributed by atoms with Crippen molar-refractivity contribution in [1.29, 1.82) is 0 Å². The standard InChI is InChI=1S/C22H22N4O2S/c1-13-3-4-16(14(2)9-13)11-24-26-19(12-29-22(26)25-17-6-7-17)15-5-8-20(27)18(10-15)21(23)28/h3-5,8-12,17,27H,6-7H2,1-2H3,(H2,23,28)/b24-11-,25-22?. The lowest BCUT2D eigenvalue weighted by molar-refractivity contribution is 0.0998. The number of aromatic nitrogens is 1. The van der Waals surface area contributed by atoms with Gasteiger partial charge in [-0.15, -0.1) is 11.3 Å². The van der Waals surface area contributed by atoms with Crippen LogP contribution in [-0.4, -0.2) is 27.9 Å². The van der Waals surface area contributed by atoms with E-state index in [1.807, 2.05) is 17.7 Å². The third kappa shape index (κ3) is 4.14. The number of rotatable bonds is 5. The van der Waals surface area contributed by atoms with Crippen LogP contribution in [0.3, 0.4) is 0 Å². The van der Waals surface area contributed by atoms with E-state index in [0.29, 0.717) is 6.04 Å². The highest BCUT2D eigenvalue weighted by Gasteiger charge is 2.21. The van der Waals surface area contributed by atoms with E-state index < -0.39 is 5.91 Å². The summed E-state index contributed by atoms with van der Waals surface area (Å²) >= 11 is 1.50. The molecule has 1 heterocycles. The van der Waals surface area contributed by atoms with Crippen molar-refractivity contribution in [2.45, 2.75) is 32.7 Å². The molecule has 3 aromatic rings. The van der Waals surface area contributed by atoms with Gasteiger partial charge in [-0.05, 0) is 56.0 Å². The number of phenols is 1. The van der Waals surface area contributed by atoms with Gasteiger partial charge in [-0.25, -0.2) is 4.68 Å². The van der Waals surface area contributed by atoms with E-state index in [4.69, 9.17) is 15.8 Å². The summed E-state index contributed by atoms with van der Waals surface area (Å²) in [6, 6.07) is 11.4. The first-order chi connectivity index (χ1) is 13.9. The smallest absolute Gasteiger partial charge is 0.252 e. The summed E-state index contributed by atoms with van der Waals surface area (Å²) in [5.74, 6) is -0.808. The van der Waals surface area contributed by atoms with Crippen LogP contribution >= 0.6 is 11.3 Å². The molecule has 0 spiro atoms. The maximum absolute atomic E-state index is 11.6. The zero-order valence-electron chi connectivity index (χ0n) is 16.3. The minimum absolute atomic E-state index is 0.0827. The highest BCUT2D eigenvalue weighted by Crippen LogP contribution is 2.27. The van der Waals surface area contributed by atoms with Gasteiger partial charge in [-0.3, -0.25) is 9.79 Å². The monoisotopic (exact) mass is 406 g/mol. The second-order valence-electron chi connectivity index (χ2n) is 7.28. The Morgan fingerprint density at radius 1 is 1.24 bits per heavy atom. The van der Waals surface area contributed by atoms with Crippen LogP contribution in [0.2, 0.25) is 0 Å². The zero-order chi connectivity index (χ0) is 20.5. The Kier molecular flexibility index (Phi) is 5.07. The van der Waals surface area contributed by atoms with Gasteiger partial charge in [0.2, 0.25) is 4.80 Å². The van der Waals surface area contributed by atoms with Gasteiger partial charge in [-0.1, -0.05) is 23.8 Å². The number of hydrogen-bond donors (Lipinski definition) is 2. The first kappa shape index (κ1) is 19.1. The Hall–Kier alpha value is -3.19. The molecule has 0 aliphatic heterocycles. The van der Waals surface area contributed by atoms with Crippen molar-refractivity contribution in [3.63, 3.8) is 0 Å². The van der Waals surface area contributed by atoms with Crippen molar-refractivity contribution in [1.82, 2.24) is 4.68 Å². The molecule has 1 aliphatic carbocycles. The molecule has 0 saturated heterocycles. The van der Waals surface area contributed by atoms with Gasteiger partial charge in [0.05, 0.1) is 23.5 Å². The van der Waals surface area contributed by atoms with E-state index in [-0.39, 0.29) is 11.3 Å². The Morgan fingerprint density at radius 3 is 2.72 bits per heavy atom. The molecule has 6 nitrogen and oxygen atoms in total. The minimum atomic E-state index is -0.673. The molecule has 1 fully saturated rings. The van der Waals surface area contributed by atoms with Crippen molar-refractivity contribution in [3.05, 3.63) is 68.8 Å². The van der Waals surface area contributed by atoms with Crippen LogP contribution in [0.1, 0.15) is 39.9 Å². The molecule has 0 atom stereocenters. The highest BCUT2D eigenvalue weighted by molar-refractivity contribution is 7.07. The van der Waals surface area contributed by atoms with Gasteiger partial charge in [0.15, 0.2) is 0 Å². The van der Waals surface area contributed by atoms with Crippen LogP contribution in [0.4, 0.5) is 0 Å². The van der Waals surface area contributed by atoms with E-state index >= 15 is 0 Å². The van der Waals surface area contributed by atoms with Crippen LogP contribution < -0.4 is 10.5 Å². The molecule has 0 radical (unpaired) electrons. The quantitative estimate of drug-likeness (QED) is 0.634. The predicted molar refractivity (Wildman–Crippen MR) is 115 cm³/mol. The average molecular weight is 407 g/mol. The number of benzene rings is 2. The molecule has 4 rings (SSSR count). The number of hydrogen-bond acceptors (Lipinski definition) is 5. The number of aromatic hydroxyl groups is 1. The maximum Gasteiger partial charge on any atom is 0.252 e.